The van der Waals surface area contributed by atoms with Gasteiger partial charge in [0.15, 0.2) is 0 Å². The summed E-state index contributed by atoms with van der Waals surface area (Å²) in [6, 6.07) is 7.49. The number of amides is 2. The SMILES string of the molecule is Cc1cc(C(=O)Nc2cc(C(=O)N3CC(C)CC(C)C3)ccc2C)c(C)s1. The minimum Gasteiger partial charge on any atom is -0.338 e. The fourth-order valence-electron chi connectivity index (χ4n) is 3.95. The van der Waals surface area contributed by atoms with Crippen LogP contribution in [0.25, 0.3) is 0 Å². The smallest absolute Gasteiger partial charge is 0.256 e. The molecule has 2 atom stereocenters. The molecule has 3 rings (SSSR count). The summed E-state index contributed by atoms with van der Waals surface area (Å²) in [4.78, 5) is 29.7. The Kier molecular flexibility index (Phi) is 5.70. The summed E-state index contributed by atoms with van der Waals surface area (Å²) < 4.78 is 0. The molecular formula is C22H28N2O2S. The molecule has 5 heteroatoms. The average molecular weight is 385 g/mol. The summed E-state index contributed by atoms with van der Waals surface area (Å²) in [6.45, 7) is 11.9. The first kappa shape index (κ1) is 19.6. The number of likely N-dealkylation sites (tertiary alicyclic amines) is 1. The molecule has 4 nitrogen and oxygen atoms in total. The summed E-state index contributed by atoms with van der Waals surface area (Å²) in [7, 11) is 0. The number of nitrogens with zero attached hydrogens (tertiary/aromatic N) is 1. The van der Waals surface area contributed by atoms with Crippen LogP contribution in [0.2, 0.25) is 0 Å². The van der Waals surface area contributed by atoms with E-state index in [4.69, 9.17) is 0 Å². The Morgan fingerprint density at radius 3 is 2.33 bits per heavy atom. The molecule has 0 aliphatic carbocycles. The Bertz CT molecular complexity index is 861. The van der Waals surface area contributed by atoms with Crippen molar-refractivity contribution in [1.29, 1.82) is 0 Å². The number of anilines is 1. The van der Waals surface area contributed by atoms with Crippen LogP contribution in [0, 0.1) is 32.6 Å². The Morgan fingerprint density at radius 1 is 1.07 bits per heavy atom. The number of aryl methyl sites for hydroxylation is 3. The molecule has 2 amide bonds. The van der Waals surface area contributed by atoms with Gasteiger partial charge in [-0.25, -0.2) is 0 Å². The Morgan fingerprint density at radius 2 is 1.74 bits per heavy atom. The molecule has 0 spiro atoms. The van der Waals surface area contributed by atoms with E-state index in [1.807, 2.05) is 49.9 Å². The molecule has 1 saturated heterocycles. The predicted octanol–water partition coefficient (Wildman–Crippen LogP) is 5.04. The van der Waals surface area contributed by atoms with E-state index in [-0.39, 0.29) is 11.8 Å². The van der Waals surface area contributed by atoms with Crippen molar-refractivity contribution in [2.45, 2.75) is 41.0 Å². The molecule has 1 aliphatic heterocycles. The van der Waals surface area contributed by atoms with Crippen molar-refractivity contribution >= 4 is 28.8 Å². The van der Waals surface area contributed by atoms with E-state index in [9.17, 15) is 9.59 Å². The molecule has 0 saturated carbocycles. The normalized spacial score (nSPS) is 19.8. The molecule has 1 N–H and O–H groups in total. The van der Waals surface area contributed by atoms with Gasteiger partial charge in [-0.1, -0.05) is 19.9 Å². The third-order valence-corrected chi connectivity index (χ3v) is 6.14. The molecule has 2 aromatic rings. The Hall–Kier alpha value is -2.14. The largest absolute Gasteiger partial charge is 0.338 e. The molecule has 1 aromatic carbocycles. The van der Waals surface area contributed by atoms with Crippen LogP contribution >= 0.6 is 11.3 Å². The zero-order valence-electron chi connectivity index (χ0n) is 16.8. The van der Waals surface area contributed by atoms with Gasteiger partial charge in [0.2, 0.25) is 0 Å². The molecule has 144 valence electrons. The Labute approximate surface area is 165 Å². The van der Waals surface area contributed by atoms with Gasteiger partial charge in [-0.15, -0.1) is 11.3 Å². The van der Waals surface area contributed by atoms with E-state index >= 15 is 0 Å². The van der Waals surface area contributed by atoms with Gasteiger partial charge < -0.3 is 10.2 Å². The number of piperidine rings is 1. The van der Waals surface area contributed by atoms with E-state index in [0.29, 0.717) is 28.7 Å². The zero-order chi connectivity index (χ0) is 19.7. The molecule has 1 fully saturated rings. The highest BCUT2D eigenvalue weighted by Crippen LogP contribution is 2.26. The summed E-state index contributed by atoms with van der Waals surface area (Å²) in [5.41, 5.74) is 2.99. The second-order valence-corrected chi connectivity index (χ2v) is 9.43. The highest BCUT2D eigenvalue weighted by Gasteiger charge is 2.26. The van der Waals surface area contributed by atoms with E-state index in [2.05, 4.69) is 19.2 Å². The van der Waals surface area contributed by atoms with Crippen LogP contribution in [-0.4, -0.2) is 29.8 Å². The summed E-state index contributed by atoms with van der Waals surface area (Å²) in [5.74, 6) is 0.968. The minimum atomic E-state index is -0.121. The minimum absolute atomic E-state index is 0.0476. The molecule has 1 aliphatic rings. The second kappa shape index (κ2) is 7.85. The quantitative estimate of drug-likeness (QED) is 0.805. The number of carbonyl (C=O) groups is 2. The van der Waals surface area contributed by atoms with Gasteiger partial charge in [-0.05, 0) is 62.8 Å². The van der Waals surface area contributed by atoms with Gasteiger partial charge in [0.1, 0.15) is 0 Å². The van der Waals surface area contributed by atoms with Crippen LogP contribution in [0.4, 0.5) is 5.69 Å². The average Bonchev–Trinajstić information content (AvgIpc) is 2.93. The maximum Gasteiger partial charge on any atom is 0.256 e. The highest BCUT2D eigenvalue weighted by molar-refractivity contribution is 7.12. The fourth-order valence-corrected chi connectivity index (χ4v) is 4.87. The summed E-state index contributed by atoms with van der Waals surface area (Å²) >= 11 is 1.62. The number of hydrogen-bond donors (Lipinski definition) is 1. The van der Waals surface area contributed by atoms with Gasteiger partial charge in [-0.3, -0.25) is 9.59 Å². The van der Waals surface area contributed by atoms with Crippen molar-refractivity contribution in [2.24, 2.45) is 11.8 Å². The lowest BCUT2D eigenvalue weighted by atomic mass is 9.91. The third kappa shape index (κ3) is 4.41. The van der Waals surface area contributed by atoms with Crippen LogP contribution in [0.1, 0.15) is 56.3 Å². The highest BCUT2D eigenvalue weighted by atomic mass is 32.1. The van der Waals surface area contributed by atoms with Crippen LogP contribution < -0.4 is 5.32 Å². The summed E-state index contributed by atoms with van der Waals surface area (Å²) in [6.07, 6.45) is 1.17. The van der Waals surface area contributed by atoms with Crippen LogP contribution in [-0.2, 0) is 0 Å². The number of benzene rings is 1. The lowest BCUT2D eigenvalue weighted by molar-refractivity contribution is 0.0623. The maximum absolute atomic E-state index is 13.0. The van der Waals surface area contributed by atoms with Crippen LogP contribution in [0.15, 0.2) is 24.3 Å². The van der Waals surface area contributed by atoms with E-state index < -0.39 is 0 Å². The van der Waals surface area contributed by atoms with Crippen molar-refractivity contribution < 1.29 is 9.59 Å². The van der Waals surface area contributed by atoms with Crippen LogP contribution in [0.5, 0.6) is 0 Å². The van der Waals surface area contributed by atoms with Crippen molar-refractivity contribution in [3.05, 3.63) is 50.7 Å². The molecule has 27 heavy (non-hydrogen) atoms. The molecule has 1 aromatic heterocycles. The first-order chi connectivity index (χ1) is 12.7. The number of thiophene rings is 1. The van der Waals surface area contributed by atoms with Crippen molar-refractivity contribution in [1.82, 2.24) is 4.90 Å². The fraction of sp³-hybridized carbons (Fsp3) is 0.455. The number of carbonyl (C=O) groups excluding carboxylic acids is 2. The van der Waals surface area contributed by atoms with Crippen molar-refractivity contribution in [3.63, 3.8) is 0 Å². The molecule has 2 unspecified atom stereocenters. The third-order valence-electron chi connectivity index (χ3n) is 5.17. The van der Waals surface area contributed by atoms with Gasteiger partial charge in [-0.2, -0.15) is 0 Å². The lowest BCUT2D eigenvalue weighted by Crippen LogP contribution is -2.42. The molecule has 0 bridgehead atoms. The number of hydrogen-bond acceptors (Lipinski definition) is 3. The van der Waals surface area contributed by atoms with Gasteiger partial charge in [0.25, 0.3) is 11.8 Å². The van der Waals surface area contributed by atoms with Gasteiger partial charge in [0.05, 0.1) is 5.56 Å². The number of rotatable bonds is 3. The molecular weight excluding hydrogens is 356 g/mol. The first-order valence-corrected chi connectivity index (χ1v) is 10.3. The van der Waals surface area contributed by atoms with Gasteiger partial charge >= 0.3 is 0 Å². The number of nitrogens with one attached hydrogen (secondary N) is 1. The lowest BCUT2D eigenvalue weighted by Gasteiger charge is -2.35. The zero-order valence-corrected chi connectivity index (χ0v) is 17.6. The Balaban J connectivity index is 1.81. The topological polar surface area (TPSA) is 49.4 Å². The van der Waals surface area contributed by atoms with Crippen molar-refractivity contribution in [3.8, 4) is 0 Å². The van der Waals surface area contributed by atoms with E-state index in [1.165, 1.54) is 6.42 Å². The molecule has 2 heterocycles. The van der Waals surface area contributed by atoms with Crippen molar-refractivity contribution in [2.75, 3.05) is 18.4 Å². The van der Waals surface area contributed by atoms with E-state index in [0.717, 1.165) is 28.4 Å². The standard InChI is InChI=1S/C22H28N2O2S/c1-13-8-14(2)12-24(11-13)22(26)18-7-6-15(3)20(10-18)23-21(25)19-9-16(4)27-17(19)5/h6-7,9-10,13-14H,8,11-12H2,1-5H3,(H,23,25). The molecule has 0 radical (unpaired) electrons. The van der Waals surface area contributed by atoms with Gasteiger partial charge in [0, 0.05) is 34.1 Å². The second-order valence-electron chi connectivity index (χ2n) is 7.97. The first-order valence-electron chi connectivity index (χ1n) is 9.53. The predicted molar refractivity (Wildman–Crippen MR) is 112 cm³/mol. The van der Waals surface area contributed by atoms with E-state index in [1.54, 1.807) is 11.3 Å². The summed E-state index contributed by atoms with van der Waals surface area (Å²) in [5, 5.41) is 2.99. The van der Waals surface area contributed by atoms with Crippen LogP contribution in [0.3, 0.4) is 0 Å². The monoisotopic (exact) mass is 384 g/mol. The maximum atomic E-state index is 13.0.